The number of nitrogens with zero attached hydrogens (tertiary/aromatic N) is 1. The van der Waals surface area contributed by atoms with Crippen LogP contribution in [0.25, 0.3) is 10.2 Å². The molecule has 158 valence electrons. The summed E-state index contributed by atoms with van der Waals surface area (Å²) in [7, 11) is 0. The van der Waals surface area contributed by atoms with Crippen molar-refractivity contribution in [3.05, 3.63) is 81.4 Å². The summed E-state index contributed by atoms with van der Waals surface area (Å²) in [5, 5.41) is 14.0. The molecule has 0 fully saturated rings. The first-order chi connectivity index (χ1) is 15.0. The highest BCUT2D eigenvalue weighted by Crippen LogP contribution is 2.29. The number of nitrogens with one attached hydrogen (secondary N) is 3. The molecule has 0 radical (unpaired) electrons. The molecular formula is C22H18ClFN4O2S. The number of amides is 2. The molecule has 0 saturated heterocycles. The van der Waals surface area contributed by atoms with Crippen LogP contribution in [0.3, 0.4) is 0 Å². The normalized spacial score (nSPS) is 10.9. The van der Waals surface area contributed by atoms with Crippen LogP contribution in [0, 0.1) is 5.82 Å². The number of H-pyrrole nitrogens is 1. The zero-order valence-electron chi connectivity index (χ0n) is 16.2. The average Bonchev–Trinajstić information content (AvgIpc) is 3.28. The minimum Gasteiger partial charge on any atom is -0.352 e. The Morgan fingerprint density at radius 3 is 2.61 bits per heavy atom. The molecule has 3 N–H and O–H groups in total. The largest absolute Gasteiger partial charge is 0.352 e. The first kappa shape index (κ1) is 21.0. The van der Waals surface area contributed by atoms with Gasteiger partial charge in [0.05, 0.1) is 18.2 Å². The summed E-state index contributed by atoms with van der Waals surface area (Å²) in [6, 6.07) is 15.0. The zero-order valence-corrected chi connectivity index (χ0v) is 17.8. The van der Waals surface area contributed by atoms with Crippen LogP contribution in [0.4, 0.5) is 10.2 Å². The van der Waals surface area contributed by atoms with E-state index in [0.29, 0.717) is 27.8 Å². The molecule has 2 heterocycles. The quantitative estimate of drug-likeness (QED) is 0.384. The molecule has 4 aromatic rings. The van der Waals surface area contributed by atoms with E-state index in [2.05, 4.69) is 20.8 Å². The number of hydrogen-bond donors (Lipinski definition) is 3. The van der Waals surface area contributed by atoms with Crippen molar-refractivity contribution in [3.8, 4) is 0 Å². The van der Waals surface area contributed by atoms with Gasteiger partial charge in [-0.15, -0.1) is 11.3 Å². The maximum absolute atomic E-state index is 13.3. The zero-order chi connectivity index (χ0) is 21.8. The number of hydrogen-bond acceptors (Lipinski definition) is 4. The number of aromatic amines is 1. The molecule has 2 aromatic carbocycles. The van der Waals surface area contributed by atoms with Gasteiger partial charge in [-0.3, -0.25) is 14.7 Å². The highest BCUT2D eigenvalue weighted by atomic mass is 35.5. The van der Waals surface area contributed by atoms with Crippen molar-refractivity contribution in [2.75, 3.05) is 5.32 Å². The van der Waals surface area contributed by atoms with Crippen LogP contribution in [-0.2, 0) is 29.0 Å². The monoisotopic (exact) mass is 456 g/mol. The van der Waals surface area contributed by atoms with E-state index >= 15 is 0 Å². The summed E-state index contributed by atoms with van der Waals surface area (Å²) in [5.74, 6) is -0.323. The number of aromatic nitrogens is 2. The number of carbonyl (C=O) groups is 2. The fraction of sp³-hybridized carbons (Fsp3) is 0.136. The van der Waals surface area contributed by atoms with Crippen LogP contribution in [-0.4, -0.2) is 22.0 Å². The third-order valence-corrected chi connectivity index (χ3v) is 5.84. The lowest BCUT2D eigenvalue weighted by atomic mass is 10.1. The van der Waals surface area contributed by atoms with Crippen molar-refractivity contribution < 1.29 is 14.0 Å². The number of halogens is 2. The van der Waals surface area contributed by atoms with Gasteiger partial charge in [-0.1, -0.05) is 35.9 Å². The Kier molecular flexibility index (Phi) is 6.29. The van der Waals surface area contributed by atoms with Crippen molar-refractivity contribution >= 4 is 50.8 Å². The van der Waals surface area contributed by atoms with Crippen LogP contribution in [0.5, 0.6) is 0 Å². The van der Waals surface area contributed by atoms with Crippen molar-refractivity contribution in [1.29, 1.82) is 0 Å². The molecule has 31 heavy (non-hydrogen) atoms. The first-order valence-electron chi connectivity index (χ1n) is 9.48. The summed E-state index contributed by atoms with van der Waals surface area (Å²) >= 11 is 7.25. The summed E-state index contributed by atoms with van der Waals surface area (Å²) in [6.45, 7) is 0.417. The number of fused-ring (bicyclic) bond motifs is 1. The minimum atomic E-state index is -0.383. The maximum Gasteiger partial charge on any atom is 0.229 e. The highest BCUT2D eigenvalue weighted by Gasteiger charge is 2.15. The van der Waals surface area contributed by atoms with Crippen LogP contribution >= 0.6 is 22.9 Å². The fourth-order valence-corrected chi connectivity index (χ4v) is 4.20. The van der Waals surface area contributed by atoms with Gasteiger partial charge in [0.15, 0.2) is 0 Å². The second kappa shape index (κ2) is 9.28. The number of carbonyl (C=O) groups excluding carboxylic acids is 2. The van der Waals surface area contributed by atoms with E-state index < -0.39 is 0 Å². The Labute approximate surface area is 186 Å². The van der Waals surface area contributed by atoms with Crippen LogP contribution in [0.15, 0.2) is 54.6 Å². The molecule has 0 aliphatic rings. The Morgan fingerprint density at radius 1 is 1.03 bits per heavy atom. The molecule has 0 aliphatic carbocycles. The molecule has 0 unspecified atom stereocenters. The fourth-order valence-electron chi connectivity index (χ4n) is 3.08. The summed E-state index contributed by atoms with van der Waals surface area (Å²) in [6.07, 6.45) is 0.258. The van der Waals surface area contributed by atoms with Gasteiger partial charge in [0.2, 0.25) is 11.8 Å². The predicted molar refractivity (Wildman–Crippen MR) is 120 cm³/mol. The van der Waals surface area contributed by atoms with Gasteiger partial charge in [0.1, 0.15) is 16.5 Å². The number of rotatable bonds is 7. The lowest BCUT2D eigenvalue weighted by Crippen LogP contribution is -2.24. The lowest BCUT2D eigenvalue weighted by Gasteiger charge is -2.05. The van der Waals surface area contributed by atoms with Gasteiger partial charge in [-0.05, 0) is 41.5 Å². The van der Waals surface area contributed by atoms with Gasteiger partial charge in [0, 0.05) is 16.4 Å². The van der Waals surface area contributed by atoms with Crippen molar-refractivity contribution in [1.82, 2.24) is 15.5 Å². The second-order valence-corrected chi connectivity index (χ2v) is 8.52. The standard InChI is InChI=1S/C22H18ClFN4O2S/c23-15-6-4-13(5-7-15)12-25-19(29)11-17-10-18-21(27-28-22(18)31-17)26-20(30)9-14-2-1-3-16(24)8-14/h1-8,10H,9,11-12H2,(H,25,29)(H2,26,27,28,30). The van der Waals surface area contributed by atoms with Gasteiger partial charge in [-0.25, -0.2) is 4.39 Å². The molecule has 6 nitrogen and oxygen atoms in total. The Bertz CT molecular complexity index is 1240. The second-order valence-electron chi connectivity index (χ2n) is 6.96. The summed E-state index contributed by atoms with van der Waals surface area (Å²) < 4.78 is 13.3. The Hall–Kier alpha value is -3.23. The van der Waals surface area contributed by atoms with E-state index in [9.17, 15) is 14.0 Å². The third kappa shape index (κ3) is 5.48. The molecule has 4 rings (SSSR count). The summed E-state index contributed by atoms with van der Waals surface area (Å²) in [5.41, 5.74) is 1.54. The Morgan fingerprint density at radius 2 is 1.84 bits per heavy atom. The molecule has 2 aromatic heterocycles. The van der Waals surface area contributed by atoms with Crippen LogP contribution in [0.2, 0.25) is 5.02 Å². The van der Waals surface area contributed by atoms with Gasteiger partial charge >= 0.3 is 0 Å². The SMILES string of the molecule is O=C(Cc1cc2c(NC(=O)Cc3cccc(F)c3)[nH]nc2s1)NCc1ccc(Cl)cc1. The molecule has 0 aliphatic heterocycles. The number of thiophene rings is 1. The molecule has 2 amide bonds. The smallest absolute Gasteiger partial charge is 0.229 e. The van der Waals surface area contributed by atoms with E-state index in [4.69, 9.17) is 11.6 Å². The predicted octanol–water partition coefficient (Wildman–Crippen LogP) is 4.46. The molecule has 0 bridgehead atoms. The Balaban J connectivity index is 1.36. The third-order valence-electron chi connectivity index (χ3n) is 4.56. The lowest BCUT2D eigenvalue weighted by molar-refractivity contribution is -0.120. The van der Waals surface area contributed by atoms with Crippen LogP contribution < -0.4 is 10.6 Å². The molecule has 0 spiro atoms. The molecular weight excluding hydrogens is 439 g/mol. The van der Waals surface area contributed by atoms with E-state index in [0.717, 1.165) is 15.8 Å². The minimum absolute atomic E-state index is 0.0440. The number of anilines is 1. The van der Waals surface area contributed by atoms with Crippen molar-refractivity contribution in [2.24, 2.45) is 0 Å². The molecule has 0 atom stereocenters. The van der Waals surface area contributed by atoms with Gasteiger partial charge in [-0.2, -0.15) is 5.10 Å². The number of benzene rings is 2. The average molecular weight is 457 g/mol. The van der Waals surface area contributed by atoms with E-state index in [-0.39, 0.29) is 30.5 Å². The van der Waals surface area contributed by atoms with E-state index in [1.165, 1.54) is 23.5 Å². The highest BCUT2D eigenvalue weighted by molar-refractivity contribution is 7.18. The topological polar surface area (TPSA) is 86.9 Å². The molecule has 9 heteroatoms. The van der Waals surface area contributed by atoms with Gasteiger partial charge < -0.3 is 10.6 Å². The van der Waals surface area contributed by atoms with E-state index in [1.54, 1.807) is 24.3 Å². The molecule has 0 saturated carbocycles. The van der Waals surface area contributed by atoms with Crippen molar-refractivity contribution in [2.45, 2.75) is 19.4 Å². The van der Waals surface area contributed by atoms with Crippen molar-refractivity contribution in [3.63, 3.8) is 0 Å². The summed E-state index contributed by atoms with van der Waals surface area (Å²) in [4.78, 5) is 26.1. The van der Waals surface area contributed by atoms with E-state index in [1.807, 2.05) is 18.2 Å². The first-order valence-corrected chi connectivity index (χ1v) is 10.7. The van der Waals surface area contributed by atoms with Crippen LogP contribution in [0.1, 0.15) is 16.0 Å². The maximum atomic E-state index is 13.3. The van der Waals surface area contributed by atoms with Gasteiger partial charge in [0.25, 0.3) is 0 Å².